The first-order valence-electron chi connectivity index (χ1n) is 11.6. The third-order valence-electron chi connectivity index (χ3n) is 5.58. The maximum absolute atomic E-state index is 13.7. The van der Waals surface area contributed by atoms with Gasteiger partial charge in [0.1, 0.15) is 6.54 Å². The molecule has 0 fully saturated rings. The van der Waals surface area contributed by atoms with Gasteiger partial charge in [0, 0.05) is 42.9 Å². The largest absolute Gasteiger partial charge is 0.435 e. The van der Waals surface area contributed by atoms with Crippen LogP contribution in [0.1, 0.15) is 21.6 Å². The Morgan fingerprint density at radius 3 is 2.69 bits per heavy atom. The molecular formula is C24H23F3N10O2. The van der Waals surface area contributed by atoms with Gasteiger partial charge in [0.2, 0.25) is 5.91 Å². The zero-order chi connectivity index (χ0) is 28.2. The number of nitrogens with zero attached hydrogens (tertiary/aromatic N) is 6. The highest BCUT2D eigenvalue weighted by atomic mass is 19.4. The molecule has 3 aromatic heterocycles. The zero-order valence-corrected chi connectivity index (χ0v) is 20.6. The topological polar surface area (TPSA) is 168 Å². The summed E-state index contributed by atoms with van der Waals surface area (Å²) in [5, 5.41) is 20.6. The first-order valence-corrected chi connectivity index (χ1v) is 11.6. The second-order valence-electron chi connectivity index (χ2n) is 8.33. The predicted molar refractivity (Wildman–Crippen MR) is 134 cm³/mol. The van der Waals surface area contributed by atoms with Crippen LogP contribution in [0.4, 0.5) is 24.7 Å². The molecule has 1 aromatic carbocycles. The molecule has 0 aliphatic carbocycles. The second-order valence-corrected chi connectivity index (χ2v) is 8.33. The minimum atomic E-state index is -4.74. The average Bonchev–Trinajstić information content (AvgIpc) is 3.51. The third-order valence-corrected chi connectivity index (χ3v) is 5.58. The molecule has 4 aromatic rings. The molecule has 4 rings (SSSR count). The number of benzene rings is 1. The van der Waals surface area contributed by atoms with E-state index in [2.05, 4.69) is 31.0 Å². The Morgan fingerprint density at radius 1 is 1.21 bits per heavy atom. The molecule has 0 unspecified atom stereocenters. The van der Waals surface area contributed by atoms with Gasteiger partial charge in [-0.2, -0.15) is 23.5 Å². The summed E-state index contributed by atoms with van der Waals surface area (Å²) in [6.45, 7) is 1.77. The number of hydrogen-bond donors (Lipinski definition) is 4. The van der Waals surface area contributed by atoms with Crippen LogP contribution in [0, 0.1) is 18.3 Å². The Labute approximate surface area is 219 Å². The van der Waals surface area contributed by atoms with Crippen molar-refractivity contribution in [3.63, 3.8) is 0 Å². The number of aromatic nitrogens is 5. The van der Waals surface area contributed by atoms with E-state index in [0.29, 0.717) is 23.4 Å². The van der Waals surface area contributed by atoms with Gasteiger partial charge in [-0.3, -0.25) is 18.7 Å². The molecule has 3 heterocycles. The summed E-state index contributed by atoms with van der Waals surface area (Å²) >= 11 is 0. The van der Waals surface area contributed by atoms with E-state index in [4.69, 9.17) is 11.0 Å². The number of anilines is 2. The second kappa shape index (κ2) is 11.2. The van der Waals surface area contributed by atoms with Gasteiger partial charge in [-0.1, -0.05) is 0 Å². The summed E-state index contributed by atoms with van der Waals surface area (Å²) in [6.07, 6.45) is 0.546. The molecule has 0 saturated carbocycles. The first-order chi connectivity index (χ1) is 18.6. The van der Waals surface area contributed by atoms with Crippen molar-refractivity contribution < 1.29 is 22.8 Å². The number of amides is 2. The Bertz CT molecular complexity index is 1570. The van der Waals surface area contributed by atoms with Gasteiger partial charge in [0.15, 0.2) is 17.2 Å². The highest BCUT2D eigenvalue weighted by molar-refractivity contribution is 5.98. The standard InChI is InChI=1S/C24H23F3N10O2/c1-14-10-15(2-3-16(14)23(39)33-12-19(38)30-6-4-28)34-21-22-32-11-18(37(22)9-7-31-21)17-13-36(8-5-29)35-20(17)24(25,26)27/h2-3,7,9-11,13H,4,6,8,12,28H2,1H3,(H,30,38)(H,31,34)(H,33,39). The van der Waals surface area contributed by atoms with Crippen LogP contribution < -0.4 is 21.7 Å². The lowest BCUT2D eigenvalue weighted by molar-refractivity contribution is -0.141. The lowest BCUT2D eigenvalue weighted by Crippen LogP contribution is -2.38. The van der Waals surface area contributed by atoms with E-state index in [0.717, 1.165) is 10.9 Å². The zero-order valence-electron chi connectivity index (χ0n) is 20.6. The summed E-state index contributed by atoms with van der Waals surface area (Å²) in [7, 11) is 0. The quantitative estimate of drug-likeness (QED) is 0.250. The van der Waals surface area contributed by atoms with Gasteiger partial charge >= 0.3 is 6.18 Å². The monoisotopic (exact) mass is 540 g/mol. The molecule has 5 N–H and O–H groups in total. The first kappa shape index (κ1) is 27.1. The van der Waals surface area contributed by atoms with Crippen LogP contribution in [0.3, 0.4) is 0 Å². The SMILES string of the molecule is Cc1cc(Nc2nccn3c(-c4cn(CC#N)nc4C(F)(F)F)cnc23)ccc1C(=O)NCC(=O)NCCN. The number of rotatable bonds is 9. The van der Waals surface area contributed by atoms with Crippen LogP contribution in [-0.4, -0.2) is 55.6 Å². The smallest absolute Gasteiger partial charge is 0.353 e. The van der Waals surface area contributed by atoms with Crippen molar-refractivity contribution in [2.75, 3.05) is 25.0 Å². The number of aryl methyl sites for hydroxylation is 1. The van der Waals surface area contributed by atoms with Crippen LogP contribution in [0.5, 0.6) is 0 Å². The van der Waals surface area contributed by atoms with E-state index in [-0.39, 0.29) is 48.3 Å². The molecule has 0 spiro atoms. The highest BCUT2D eigenvalue weighted by Crippen LogP contribution is 2.36. The number of nitrogens with one attached hydrogen (secondary N) is 3. The summed E-state index contributed by atoms with van der Waals surface area (Å²) in [4.78, 5) is 32.7. The van der Waals surface area contributed by atoms with Crippen LogP contribution >= 0.6 is 0 Å². The molecular weight excluding hydrogens is 517 g/mol. The number of nitrogens with two attached hydrogens (primary N) is 1. The summed E-state index contributed by atoms with van der Waals surface area (Å²) in [5.74, 6) is -0.532. The van der Waals surface area contributed by atoms with Crippen LogP contribution in [0.15, 0.2) is 43.0 Å². The van der Waals surface area contributed by atoms with Gasteiger partial charge in [0.05, 0.1) is 30.1 Å². The molecule has 0 atom stereocenters. The Morgan fingerprint density at radius 2 is 2.00 bits per heavy atom. The molecule has 39 heavy (non-hydrogen) atoms. The van der Waals surface area contributed by atoms with Crippen molar-refractivity contribution >= 4 is 29.0 Å². The highest BCUT2D eigenvalue weighted by Gasteiger charge is 2.38. The lowest BCUT2D eigenvalue weighted by Gasteiger charge is -2.12. The van der Waals surface area contributed by atoms with Gasteiger partial charge in [0.25, 0.3) is 5.91 Å². The van der Waals surface area contributed by atoms with Gasteiger partial charge in [-0.05, 0) is 30.7 Å². The van der Waals surface area contributed by atoms with Gasteiger partial charge in [-0.25, -0.2) is 9.97 Å². The number of imidazole rings is 1. The minimum absolute atomic E-state index is 0.116. The summed E-state index contributed by atoms with van der Waals surface area (Å²) in [6, 6.07) is 6.65. The number of hydrogen-bond acceptors (Lipinski definition) is 8. The van der Waals surface area contributed by atoms with E-state index in [1.807, 2.05) is 0 Å². The van der Waals surface area contributed by atoms with Gasteiger partial charge < -0.3 is 21.7 Å². The Balaban J connectivity index is 1.58. The molecule has 0 aliphatic heterocycles. The fourth-order valence-corrected chi connectivity index (χ4v) is 3.84. The number of carbonyl (C=O) groups is 2. The predicted octanol–water partition coefficient (Wildman–Crippen LogP) is 1.99. The number of halogens is 3. The van der Waals surface area contributed by atoms with E-state index in [1.54, 1.807) is 31.2 Å². The molecule has 202 valence electrons. The average molecular weight is 541 g/mol. The third kappa shape index (κ3) is 5.96. The van der Waals surface area contributed by atoms with E-state index >= 15 is 0 Å². The van der Waals surface area contributed by atoms with Crippen molar-refractivity contribution in [1.82, 2.24) is 34.8 Å². The van der Waals surface area contributed by atoms with Crippen molar-refractivity contribution in [3.05, 3.63) is 59.8 Å². The Kier molecular flexibility index (Phi) is 7.77. The fourth-order valence-electron chi connectivity index (χ4n) is 3.84. The van der Waals surface area contributed by atoms with E-state index in [9.17, 15) is 22.8 Å². The van der Waals surface area contributed by atoms with E-state index in [1.165, 1.54) is 23.0 Å². The van der Waals surface area contributed by atoms with Crippen LogP contribution in [-0.2, 0) is 17.5 Å². The minimum Gasteiger partial charge on any atom is -0.353 e. The number of alkyl halides is 3. The normalized spacial score (nSPS) is 11.3. The maximum atomic E-state index is 13.7. The van der Waals surface area contributed by atoms with Crippen LogP contribution in [0.2, 0.25) is 0 Å². The number of nitriles is 1. The van der Waals surface area contributed by atoms with Gasteiger partial charge in [-0.15, -0.1) is 0 Å². The summed E-state index contributed by atoms with van der Waals surface area (Å²) in [5.41, 5.74) is 5.84. The molecule has 15 heteroatoms. The lowest BCUT2D eigenvalue weighted by atomic mass is 10.1. The molecule has 2 amide bonds. The Hall–Kier alpha value is -4.97. The maximum Gasteiger partial charge on any atom is 0.435 e. The van der Waals surface area contributed by atoms with Crippen molar-refractivity contribution in [3.8, 4) is 17.3 Å². The number of fused-ring (bicyclic) bond motifs is 1. The summed E-state index contributed by atoms with van der Waals surface area (Å²) < 4.78 is 43.3. The van der Waals surface area contributed by atoms with E-state index < -0.39 is 17.8 Å². The molecule has 0 radical (unpaired) electrons. The fraction of sp³-hybridized carbons (Fsp3) is 0.250. The van der Waals surface area contributed by atoms with Crippen molar-refractivity contribution in [2.24, 2.45) is 5.73 Å². The molecule has 12 nitrogen and oxygen atoms in total. The van der Waals surface area contributed by atoms with Crippen molar-refractivity contribution in [1.29, 1.82) is 5.26 Å². The van der Waals surface area contributed by atoms with Crippen molar-refractivity contribution in [2.45, 2.75) is 19.6 Å². The molecule has 0 saturated heterocycles. The molecule has 0 bridgehead atoms. The number of carbonyl (C=O) groups excluding carboxylic acids is 2. The molecule has 0 aliphatic rings. The van der Waals surface area contributed by atoms with Crippen LogP contribution in [0.25, 0.3) is 16.9 Å².